The van der Waals surface area contributed by atoms with Crippen LogP contribution >= 0.6 is 0 Å². The van der Waals surface area contributed by atoms with Crippen LogP contribution in [0, 0.1) is 0 Å². The lowest BCUT2D eigenvalue weighted by molar-refractivity contribution is -0.141. The summed E-state index contributed by atoms with van der Waals surface area (Å²) in [5, 5.41) is -0.000267. The SMILES string of the molecule is COc1ccc(CN2C(=O)C[C@H](O[Si](C)(C)C(C)(C)C)C2=O)cc1. The number of likely N-dealkylation sites (tertiary alicyclic amines) is 1. The fourth-order valence-corrected chi connectivity index (χ4v) is 3.61. The fourth-order valence-electron chi connectivity index (χ4n) is 2.36. The van der Waals surface area contributed by atoms with Gasteiger partial charge in [-0.1, -0.05) is 32.9 Å². The smallest absolute Gasteiger partial charge is 0.257 e. The number of benzene rings is 1. The molecule has 1 heterocycles. The van der Waals surface area contributed by atoms with Gasteiger partial charge in [-0.15, -0.1) is 0 Å². The van der Waals surface area contributed by atoms with Gasteiger partial charge in [-0.05, 0) is 35.8 Å². The highest BCUT2D eigenvalue weighted by atomic mass is 28.4. The molecule has 2 rings (SSSR count). The van der Waals surface area contributed by atoms with E-state index in [-0.39, 0.29) is 29.8 Å². The number of nitrogens with zero attached hydrogens (tertiary/aromatic N) is 1. The van der Waals surface area contributed by atoms with Crippen molar-refractivity contribution in [1.82, 2.24) is 4.90 Å². The Morgan fingerprint density at radius 2 is 1.75 bits per heavy atom. The molecule has 1 aliphatic heterocycles. The van der Waals surface area contributed by atoms with Crippen molar-refractivity contribution in [2.45, 2.75) is 58.0 Å². The highest BCUT2D eigenvalue weighted by molar-refractivity contribution is 6.74. The summed E-state index contributed by atoms with van der Waals surface area (Å²) in [5.41, 5.74) is 0.894. The Hall–Kier alpha value is -1.66. The zero-order valence-electron chi connectivity index (χ0n) is 15.4. The molecule has 1 saturated heterocycles. The molecular weight excluding hydrogens is 322 g/mol. The maximum absolute atomic E-state index is 12.6. The Morgan fingerprint density at radius 3 is 2.25 bits per heavy atom. The Kier molecular flexibility index (Phi) is 5.20. The van der Waals surface area contributed by atoms with Crippen molar-refractivity contribution in [2.24, 2.45) is 0 Å². The third kappa shape index (κ3) is 3.87. The van der Waals surface area contributed by atoms with Crippen LogP contribution in [0.4, 0.5) is 0 Å². The van der Waals surface area contributed by atoms with E-state index in [4.69, 9.17) is 9.16 Å². The highest BCUT2D eigenvalue weighted by Gasteiger charge is 2.46. The maximum atomic E-state index is 12.6. The zero-order chi connectivity index (χ0) is 18.1. The average molecular weight is 350 g/mol. The Labute approximate surface area is 145 Å². The molecule has 5 nitrogen and oxygen atoms in total. The molecule has 0 radical (unpaired) electrons. The number of ether oxygens (including phenoxy) is 1. The van der Waals surface area contributed by atoms with Gasteiger partial charge in [0.25, 0.3) is 5.91 Å². The van der Waals surface area contributed by atoms with E-state index in [0.717, 1.165) is 11.3 Å². The molecule has 0 spiro atoms. The molecule has 1 atom stereocenters. The van der Waals surface area contributed by atoms with Gasteiger partial charge in [0.2, 0.25) is 5.91 Å². The van der Waals surface area contributed by atoms with E-state index in [9.17, 15) is 9.59 Å². The molecule has 1 fully saturated rings. The molecule has 1 aromatic rings. The summed E-state index contributed by atoms with van der Waals surface area (Å²) in [5.74, 6) is 0.358. The number of imide groups is 1. The molecule has 132 valence electrons. The fraction of sp³-hybridized carbons (Fsp3) is 0.556. The number of hydrogen-bond donors (Lipinski definition) is 0. The van der Waals surface area contributed by atoms with Crippen molar-refractivity contribution in [3.8, 4) is 5.75 Å². The number of carbonyl (C=O) groups is 2. The first-order valence-corrected chi connectivity index (χ1v) is 11.1. The summed E-state index contributed by atoms with van der Waals surface area (Å²) in [6.45, 7) is 10.8. The van der Waals surface area contributed by atoms with Crippen LogP contribution in [0.1, 0.15) is 32.8 Å². The lowest BCUT2D eigenvalue weighted by Gasteiger charge is -2.37. The van der Waals surface area contributed by atoms with E-state index >= 15 is 0 Å². The average Bonchev–Trinajstić information content (AvgIpc) is 2.74. The second-order valence-electron chi connectivity index (χ2n) is 7.74. The van der Waals surface area contributed by atoms with Gasteiger partial charge in [-0.25, -0.2) is 0 Å². The largest absolute Gasteiger partial charge is 0.497 e. The normalized spacial score (nSPS) is 19.1. The lowest BCUT2D eigenvalue weighted by atomic mass is 10.2. The van der Waals surface area contributed by atoms with Gasteiger partial charge < -0.3 is 9.16 Å². The molecular formula is C18H27NO4Si. The van der Waals surface area contributed by atoms with Gasteiger partial charge in [0.15, 0.2) is 8.32 Å². The molecule has 0 bridgehead atoms. The van der Waals surface area contributed by atoms with Crippen molar-refractivity contribution in [3.63, 3.8) is 0 Å². The number of rotatable bonds is 5. The van der Waals surface area contributed by atoms with Crippen molar-refractivity contribution >= 4 is 20.1 Å². The number of carbonyl (C=O) groups excluding carboxylic acids is 2. The molecule has 1 aromatic carbocycles. The monoisotopic (exact) mass is 349 g/mol. The quantitative estimate of drug-likeness (QED) is 0.604. The maximum Gasteiger partial charge on any atom is 0.257 e. The number of amides is 2. The second kappa shape index (κ2) is 6.68. The Morgan fingerprint density at radius 1 is 1.17 bits per heavy atom. The Bertz CT molecular complexity index is 619. The van der Waals surface area contributed by atoms with Crippen LogP contribution in [0.5, 0.6) is 5.75 Å². The second-order valence-corrected chi connectivity index (χ2v) is 12.5. The minimum Gasteiger partial charge on any atom is -0.497 e. The summed E-state index contributed by atoms with van der Waals surface area (Å²) in [6, 6.07) is 7.37. The van der Waals surface area contributed by atoms with Gasteiger partial charge in [0, 0.05) is 0 Å². The summed E-state index contributed by atoms with van der Waals surface area (Å²) >= 11 is 0. The van der Waals surface area contributed by atoms with Crippen LogP contribution in [0.2, 0.25) is 18.1 Å². The van der Waals surface area contributed by atoms with Crippen molar-refractivity contribution in [1.29, 1.82) is 0 Å². The van der Waals surface area contributed by atoms with Gasteiger partial charge in [-0.2, -0.15) is 0 Å². The first-order chi connectivity index (χ1) is 11.0. The van der Waals surface area contributed by atoms with Crippen LogP contribution in [-0.4, -0.2) is 38.2 Å². The summed E-state index contributed by atoms with van der Waals surface area (Å²) in [4.78, 5) is 26.2. The molecule has 0 aliphatic carbocycles. The van der Waals surface area contributed by atoms with E-state index in [1.807, 2.05) is 24.3 Å². The molecule has 6 heteroatoms. The van der Waals surface area contributed by atoms with Crippen molar-refractivity contribution < 1.29 is 18.8 Å². The minimum absolute atomic E-state index is 0.000267. The van der Waals surface area contributed by atoms with Gasteiger partial charge >= 0.3 is 0 Å². The van der Waals surface area contributed by atoms with E-state index in [1.54, 1.807) is 7.11 Å². The lowest BCUT2D eigenvalue weighted by Crippen LogP contribution is -2.46. The predicted molar refractivity (Wildman–Crippen MR) is 95.2 cm³/mol. The van der Waals surface area contributed by atoms with Crippen LogP contribution in [-0.2, 0) is 20.6 Å². The first kappa shape index (κ1) is 18.7. The zero-order valence-corrected chi connectivity index (χ0v) is 16.4. The van der Waals surface area contributed by atoms with Crippen molar-refractivity contribution in [2.75, 3.05) is 7.11 Å². The summed E-state index contributed by atoms with van der Waals surface area (Å²) in [7, 11) is -0.489. The first-order valence-electron chi connectivity index (χ1n) is 8.20. The third-order valence-electron chi connectivity index (χ3n) is 4.95. The number of methoxy groups -OCH3 is 1. The molecule has 0 N–H and O–H groups in total. The van der Waals surface area contributed by atoms with Gasteiger partial charge in [0.05, 0.1) is 20.1 Å². The van der Waals surface area contributed by atoms with Crippen molar-refractivity contribution in [3.05, 3.63) is 29.8 Å². The summed E-state index contributed by atoms with van der Waals surface area (Å²) < 4.78 is 11.3. The molecule has 0 unspecified atom stereocenters. The molecule has 24 heavy (non-hydrogen) atoms. The topological polar surface area (TPSA) is 55.8 Å². The Balaban J connectivity index is 2.08. The summed E-state index contributed by atoms with van der Waals surface area (Å²) in [6.07, 6.45) is -0.502. The molecule has 1 aliphatic rings. The number of hydrogen-bond acceptors (Lipinski definition) is 4. The van der Waals surface area contributed by atoms with E-state index in [1.165, 1.54) is 4.90 Å². The van der Waals surface area contributed by atoms with E-state index in [2.05, 4.69) is 33.9 Å². The standard InChI is InChI=1S/C18H27NO4Si/c1-18(2,3)24(5,6)23-15-11-16(20)19(17(15)21)12-13-7-9-14(22-4)10-8-13/h7-10,15H,11-12H2,1-6H3/t15-/m0/s1. The van der Waals surface area contributed by atoms with E-state index in [0.29, 0.717) is 0 Å². The van der Waals surface area contributed by atoms with Crippen LogP contribution in [0.15, 0.2) is 24.3 Å². The van der Waals surface area contributed by atoms with Crippen LogP contribution in [0.3, 0.4) is 0 Å². The van der Waals surface area contributed by atoms with Gasteiger partial charge in [-0.3, -0.25) is 14.5 Å². The molecule has 0 saturated carbocycles. The molecule has 2 amide bonds. The minimum atomic E-state index is -2.09. The van der Waals surface area contributed by atoms with Gasteiger partial charge in [0.1, 0.15) is 11.9 Å². The molecule has 0 aromatic heterocycles. The van der Waals surface area contributed by atoms with Crippen LogP contribution in [0.25, 0.3) is 0 Å². The van der Waals surface area contributed by atoms with Crippen LogP contribution < -0.4 is 4.74 Å². The third-order valence-corrected chi connectivity index (χ3v) is 9.43. The highest BCUT2D eigenvalue weighted by Crippen LogP contribution is 2.38. The predicted octanol–water partition coefficient (Wildman–Crippen LogP) is 3.34. The van der Waals surface area contributed by atoms with E-state index < -0.39 is 14.4 Å².